The molecule has 0 aromatic heterocycles. The quantitative estimate of drug-likeness (QED) is 0.221. The molecule has 1 saturated heterocycles. The summed E-state index contributed by atoms with van der Waals surface area (Å²) in [6.07, 6.45) is -6.67. The monoisotopic (exact) mass is 608 g/mol. The summed E-state index contributed by atoms with van der Waals surface area (Å²) < 4.78 is 35.1. The second-order valence-corrected chi connectivity index (χ2v) is 10.3. The minimum atomic E-state index is -1.42. The molecule has 0 amide bonds. The Morgan fingerprint density at radius 1 is 0.622 bits per heavy atom. The van der Waals surface area contributed by atoms with E-state index in [0.29, 0.717) is 16.7 Å². The molecule has 5 atom stereocenters. The summed E-state index contributed by atoms with van der Waals surface area (Å²) >= 11 is 0. The van der Waals surface area contributed by atoms with Crippen LogP contribution >= 0.6 is 0 Å². The van der Waals surface area contributed by atoms with Crippen LogP contribution in [0.5, 0.6) is 0 Å². The van der Waals surface area contributed by atoms with Crippen LogP contribution in [-0.4, -0.2) is 68.3 Å². The van der Waals surface area contributed by atoms with Gasteiger partial charge in [-0.1, -0.05) is 72.8 Å². The molecule has 0 spiro atoms. The van der Waals surface area contributed by atoms with E-state index in [1.807, 2.05) is 0 Å². The van der Waals surface area contributed by atoms with Crippen molar-refractivity contribution in [3.8, 4) is 11.1 Å². The Labute approximate surface area is 258 Å². The third kappa shape index (κ3) is 6.19. The SMILES string of the molecule is CO[C@@H]1O[C@H](COC(=O)c2ccccc2)[C@@H](OC(=O)c2ccccc2)[C@@H]2OC(=O)c3ccccc3-c3ccccc3C(=O)O[C@@H]12. The van der Waals surface area contributed by atoms with Gasteiger partial charge in [-0.25, -0.2) is 19.2 Å². The number of carbonyl (C=O) groups is 4. The van der Waals surface area contributed by atoms with Gasteiger partial charge in [0.25, 0.3) is 0 Å². The average Bonchev–Trinajstić information content (AvgIpc) is 3.09. The van der Waals surface area contributed by atoms with Crippen molar-refractivity contribution in [3.63, 3.8) is 0 Å². The maximum Gasteiger partial charge on any atom is 0.339 e. The predicted octanol–water partition coefficient (Wildman–Crippen LogP) is 4.87. The van der Waals surface area contributed by atoms with Crippen LogP contribution in [0.1, 0.15) is 41.4 Å². The van der Waals surface area contributed by atoms with Crippen molar-refractivity contribution in [2.45, 2.75) is 30.7 Å². The van der Waals surface area contributed by atoms with E-state index in [4.69, 9.17) is 28.4 Å². The topological polar surface area (TPSA) is 124 Å². The van der Waals surface area contributed by atoms with Gasteiger partial charge in [0, 0.05) is 7.11 Å². The van der Waals surface area contributed by atoms with Gasteiger partial charge in [-0.05, 0) is 47.5 Å². The summed E-state index contributed by atoms with van der Waals surface area (Å²) in [5.74, 6) is -2.90. The number of ether oxygens (including phenoxy) is 6. The molecule has 0 bridgehead atoms. The van der Waals surface area contributed by atoms with Crippen molar-refractivity contribution in [3.05, 3.63) is 131 Å². The number of rotatable bonds is 6. The average molecular weight is 609 g/mol. The lowest BCUT2D eigenvalue weighted by Crippen LogP contribution is -2.63. The summed E-state index contributed by atoms with van der Waals surface area (Å²) in [4.78, 5) is 53.7. The zero-order valence-electron chi connectivity index (χ0n) is 24.1. The van der Waals surface area contributed by atoms with Crippen LogP contribution in [0.25, 0.3) is 11.1 Å². The normalized spacial score (nSPS) is 22.4. The summed E-state index contributed by atoms with van der Waals surface area (Å²) in [5, 5.41) is 0. The Morgan fingerprint density at radius 3 is 1.62 bits per heavy atom. The molecule has 4 aromatic carbocycles. The highest BCUT2D eigenvalue weighted by Gasteiger charge is 2.53. The first-order valence-corrected chi connectivity index (χ1v) is 14.2. The second kappa shape index (κ2) is 13.1. The number of methoxy groups -OCH3 is 1. The number of esters is 4. The van der Waals surface area contributed by atoms with Gasteiger partial charge in [-0.3, -0.25) is 0 Å². The first-order chi connectivity index (χ1) is 21.9. The predicted molar refractivity (Wildman–Crippen MR) is 158 cm³/mol. The van der Waals surface area contributed by atoms with Crippen LogP contribution in [0.4, 0.5) is 0 Å². The molecule has 0 unspecified atom stereocenters. The molecule has 0 saturated carbocycles. The maximum atomic E-state index is 13.9. The first kappa shape index (κ1) is 29.7. The zero-order chi connectivity index (χ0) is 31.3. The van der Waals surface area contributed by atoms with Crippen molar-refractivity contribution in [1.29, 1.82) is 0 Å². The van der Waals surface area contributed by atoms with E-state index in [2.05, 4.69) is 0 Å². The lowest BCUT2D eigenvalue weighted by Gasteiger charge is -2.44. The van der Waals surface area contributed by atoms with E-state index < -0.39 is 61.2 Å². The molecule has 0 N–H and O–H groups in total. The Hall–Kier alpha value is -5.32. The fourth-order valence-corrected chi connectivity index (χ4v) is 5.35. The Bertz CT molecular complexity index is 1700. The molecule has 1 fully saturated rings. The van der Waals surface area contributed by atoms with Crippen molar-refractivity contribution in [2.75, 3.05) is 13.7 Å². The van der Waals surface area contributed by atoms with Crippen LogP contribution in [0.3, 0.4) is 0 Å². The molecule has 0 radical (unpaired) electrons. The van der Waals surface area contributed by atoms with Gasteiger partial charge >= 0.3 is 23.9 Å². The number of hydrogen-bond acceptors (Lipinski definition) is 10. The van der Waals surface area contributed by atoms with Crippen molar-refractivity contribution in [2.24, 2.45) is 0 Å². The van der Waals surface area contributed by atoms with Gasteiger partial charge in [-0.2, -0.15) is 0 Å². The molecule has 2 aliphatic rings. The van der Waals surface area contributed by atoms with Gasteiger partial charge in [0.1, 0.15) is 12.7 Å². The highest BCUT2D eigenvalue weighted by Crippen LogP contribution is 2.35. The Balaban J connectivity index is 1.40. The van der Waals surface area contributed by atoms with E-state index in [1.165, 1.54) is 7.11 Å². The molecule has 45 heavy (non-hydrogen) atoms. The molecule has 10 nitrogen and oxygen atoms in total. The van der Waals surface area contributed by atoms with Gasteiger partial charge in [0.2, 0.25) is 0 Å². The molecule has 228 valence electrons. The van der Waals surface area contributed by atoms with Gasteiger partial charge < -0.3 is 28.4 Å². The molecule has 4 aromatic rings. The minimum absolute atomic E-state index is 0.180. The van der Waals surface area contributed by atoms with Crippen LogP contribution in [0.15, 0.2) is 109 Å². The molecule has 10 heteroatoms. The lowest BCUT2D eigenvalue weighted by atomic mass is 9.93. The summed E-state index contributed by atoms with van der Waals surface area (Å²) in [7, 11) is 1.32. The summed E-state index contributed by atoms with van der Waals surface area (Å²) in [5.41, 5.74) is 1.81. The van der Waals surface area contributed by atoms with Crippen LogP contribution in [0.2, 0.25) is 0 Å². The Kier molecular flexibility index (Phi) is 8.68. The fraction of sp³-hybridized carbons (Fsp3) is 0.200. The molecule has 0 aliphatic carbocycles. The number of fused-ring (bicyclic) bond motifs is 4. The van der Waals surface area contributed by atoms with E-state index in [0.717, 1.165) is 0 Å². The van der Waals surface area contributed by atoms with E-state index in [1.54, 1.807) is 109 Å². The third-order valence-corrected chi connectivity index (χ3v) is 7.53. The first-order valence-electron chi connectivity index (χ1n) is 14.2. The van der Waals surface area contributed by atoms with Gasteiger partial charge in [0.15, 0.2) is 24.6 Å². The smallest absolute Gasteiger partial charge is 0.339 e. The van der Waals surface area contributed by atoms with Gasteiger partial charge in [-0.15, -0.1) is 0 Å². The Morgan fingerprint density at radius 2 is 1.09 bits per heavy atom. The van der Waals surface area contributed by atoms with Crippen molar-refractivity contribution in [1.82, 2.24) is 0 Å². The van der Waals surface area contributed by atoms with Crippen LogP contribution in [-0.2, 0) is 28.4 Å². The van der Waals surface area contributed by atoms with Gasteiger partial charge in [0.05, 0.1) is 22.3 Å². The molecule has 2 aliphatic heterocycles. The number of carbonyl (C=O) groups excluding carboxylic acids is 4. The summed E-state index contributed by atoms with van der Waals surface area (Å²) in [6, 6.07) is 29.9. The largest absolute Gasteiger partial charge is 0.459 e. The minimum Gasteiger partial charge on any atom is -0.459 e. The standard InChI is InChI=1S/C35H28O10/c1-40-35-30-29(44-33(38)25-18-10-8-16-23(25)24-17-9-11-19-26(24)34(39)45-30)28(43-32(37)22-14-6-3-7-15-22)27(42-35)20-41-31(36)21-12-4-2-5-13-21/h2-19,27-30,35H,20H2,1H3/t27-,28-,29+,30-,35-/m1/s1. The van der Waals surface area contributed by atoms with E-state index >= 15 is 0 Å². The third-order valence-electron chi connectivity index (χ3n) is 7.53. The lowest BCUT2D eigenvalue weighted by molar-refractivity contribution is -0.291. The van der Waals surface area contributed by atoms with Crippen molar-refractivity contribution < 1.29 is 47.6 Å². The molecule has 6 rings (SSSR count). The maximum absolute atomic E-state index is 13.9. The van der Waals surface area contributed by atoms with E-state index in [9.17, 15) is 19.2 Å². The zero-order valence-corrected chi connectivity index (χ0v) is 24.1. The highest BCUT2D eigenvalue weighted by molar-refractivity contribution is 6.03. The number of benzene rings is 4. The molecular formula is C35H28O10. The molecular weight excluding hydrogens is 580 g/mol. The molecule has 2 heterocycles. The fourth-order valence-electron chi connectivity index (χ4n) is 5.35. The van der Waals surface area contributed by atoms with Crippen LogP contribution in [0, 0.1) is 0 Å². The van der Waals surface area contributed by atoms with Crippen molar-refractivity contribution >= 4 is 23.9 Å². The van der Waals surface area contributed by atoms with E-state index in [-0.39, 0.29) is 16.7 Å². The van der Waals surface area contributed by atoms with Crippen LogP contribution < -0.4 is 0 Å². The highest BCUT2D eigenvalue weighted by atomic mass is 16.7. The summed E-state index contributed by atoms with van der Waals surface area (Å²) in [6.45, 7) is -0.408. The second-order valence-electron chi connectivity index (χ2n) is 10.3. The number of hydrogen-bond donors (Lipinski definition) is 0.